The van der Waals surface area contributed by atoms with Crippen LogP contribution in [0.1, 0.15) is 28.4 Å². The van der Waals surface area contributed by atoms with E-state index in [1.165, 1.54) is 4.90 Å². The molecule has 1 aliphatic heterocycles. The van der Waals surface area contributed by atoms with Crippen molar-refractivity contribution in [2.24, 2.45) is 0 Å². The molecule has 1 saturated heterocycles. The maximum Gasteiger partial charge on any atom is 0.251 e. The predicted molar refractivity (Wildman–Crippen MR) is 112 cm³/mol. The maximum absolute atomic E-state index is 12.5. The molecule has 0 unspecified atom stereocenters. The SMILES string of the molecule is O=C(CCNC(=O)c1ccc(Cl)cc1)N[C@H](C[NH+]1CCOCC1)c1ccccc1. The molecule has 2 aromatic carbocycles. The molecule has 2 aromatic rings. The summed E-state index contributed by atoms with van der Waals surface area (Å²) in [5.74, 6) is -0.297. The number of quaternary nitrogens is 1. The minimum Gasteiger partial charge on any atom is -0.370 e. The molecule has 0 saturated carbocycles. The van der Waals surface area contributed by atoms with Crippen LogP contribution in [0.5, 0.6) is 0 Å². The van der Waals surface area contributed by atoms with Crippen LogP contribution >= 0.6 is 11.6 Å². The third-order valence-electron chi connectivity index (χ3n) is 4.97. The molecule has 3 rings (SSSR count). The second kappa shape index (κ2) is 11.0. The van der Waals surface area contributed by atoms with Gasteiger partial charge in [0.05, 0.1) is 13.2 Å². The number of benzene rings is 2. The van der Waals surface area contributed by atoms with Crippen molar-refractivity contribution in [3.05, 3.63) is 70.7 Å². The van der Waals surface area contributed by atoms with Crippen molar-refractivity contribution in [1.29, 1.82) is 0 Å². The minimum absolute atomic E-state index is 0.0660. The molecule has 1 atom stereocenters. The zero-order chi connectivity index (χ0) is 20.5. The smallest absolute Gasteiger partial charge is 0.251 e. The summed E-state index contributed by atoms with van der Waals surface area (Å²) < 4.78 is 5.43. The lowest BCUT2D eigenvalue weighted by atomic mass is 10.1. The average molecular weight is 417 g/mol. The predicted octanol–water partition coefficient (Wildman–Crippen LogP) is 1.23. The number of morpholine rings is 1. The number of amides is 2. The van der Waals surface area contributed by atoms with E-state index in [-0.39, 0.29) is 30.8 Å². The van der Waals surface area contributed by atoms with Crippen LogP contribution < -0.4 is 15.5 Å². The Morgan fingerprint density at radius 2 is 1.72 bits per heavy atom. The van der Waals surface area contributed by atoms with Crippen molar-refractivity contribution in [3.63, 3.8) is 0 Å². The number of hydrogen-bond donors (Lipinski definition) is 3. The fourth-order valence-electron chi connectivity index (χ4n) is 3.35. The van der Waals surface area contributed by atoms with Crippen molar-refractivity contribution in [1.82, 2.24) is 10.6 Å². The topological polar surface area (TPSA) is 71.9 Å². The normalized spacial score (nSPS) is 15.5. The molecule has 29 heavy (non-hydrogen) atoms. The van der Waals surface area contributed by atoms with Crippen LogP contribution in [-0.2, 0) is 9.53 Å². The Morgan fingerprint density at radius 1 is 1.03 bits per heavy atom. The van der Waals surface area contributed by atoms with E-state index in [4.69, 9.17) is 16.3 Å². The van der Waals surface area contributed by atoms with Crippen molar-refractivity contribution in [2.45, 2.75) is 12.5 Å². The average Bonchev–Trinajstić information content (AvgIpc) is 2.75. The van der Waals surface area contributed by atoms with E-state index in [1.807, 2.05) is 30.3 Å². The van der Waals surface area contributed by atoms with E-state index in [9.17, 15) is 9.59 Å². The highest BCUT2D eigenvalue weighted by Gasteiger charge is 2.22. The van der Waals surface area contributed by atoms with Gasteiger partial charge in [-0.2, -0.15) is 0 Å². The second-order valence-corrected chi connectivity index (χ2v) is 7.55. The Morgan fingerprint density at radius 3 is 2.41 bits per heavy atom. The van der Waals surface area contributed by atoms with Crippen LogP contribution in [0.2, 0.25) is 5.02 Å². The summed E-state index contributed by atoms with van der Waals surface area (Å²) in [7, 11) is 0. The third-order valence-corrected chi connectivity index (χ3v) is 5.23. The Bertz CT molecular complexity index is 793. The van der Waals surface area contributed by atoms with Gasteiger partial charge in [-0.05, 0) is 29.8 Å². The molecule has 2 amide bonds. The van der Waals surface area contributed by atoms with E-state index in [0.29, 0.717) is 10.6 Å². The number of nitrogens with one attached hydrogen (secondary N) is 3. The van der Waals surface area contributed by atoms with E-state index in [2.05, 4.69) is 10.6 Å². The van der Waals surface area contributed by atoms with E-state index < -0.39 is 0 Å². The molecular weight excluding hydrogens is 390 g/mol. The number of hydrogen-bond acceptors (Lipinski definition) is 3. The Hall–Kier alpha value is -2.41. The molecule has 1 fully saturated rings. The molecule has 7 heteroatoms. The lowest BCUT2D eigenvalue weighted by Crippen LogP contribution is -3.14. The maximum atomic E-state index is 12.5. The number of carbonyl (C=O) groups excluding carboxylic acids is 2. The van der Waals surface area contributed by atoms with Crippen molar-refractivity contribution in [3.8, 4) is 0 Å². The van der Waals surface area contributed by atoms with Crippen LogP contribution in [0.4, 0.5) is 0 Å². The third kappa shape index (κ3) is 6.85. The van der Waals surface area contributed by atoms with Gasteiger partial charge in [0.15, 0.2) is 0 Å². The molecular formula is C22H27ClN3O3+. The van der Waals surface area contributed by atoms with Crippen molar-refractivity contribution >= 4 is 23.4 Å². The molecule has 1 heterocycles. The van der Waals surface area contributed by atoms with Gasteiger partial charge in [-0.1, -0.05) is 41.9 Å². The highest BCUT2D eigenvalue weighted by atomic mass is 35.5. The van der Waals surface area contributed by atoms with Gasteiger partial charge in [0.2, 0.25) is 5.91 Å². The molecule has 154 valence electrons. The fraction of sp³-hybridized carbons (Fsp3) is 0.364. The second-order valence-electron chi connectivity index (χ2n) is 7.11. The Balaban J connectivity index is 1.51. The van der Waals surface area contributed by atoms with Gasteiger partial charge in [-0.25, -0.2) is 0 Å². The molecule has 0 aromatic heterocycles. The molecule has 1 aliphatic rings. The number of ether oxygens (including phenoxy) is 1. The first-order valence-electron chi connectivity index (χ1n) is 9.91. The first-order valence-corrected chi connectivity index (χ1v) is 10.3. The summed E-state index contributed by atoms with van der Waals surface area (Å²) in [5.41, 5.74) is 1.61. The molecule has 0 spiro atoms. The summed E-state index contributed by atoms with van der Waals surface area (Å²) in [4.78, 5) is 26.1. The summed E-state index contributed by atoms with van der Waals surface area (Å²) in [5, 5.41) is 6.49. The van der Waals surface area contributed by atoms with Crippen LogP contribution in [0, 0.1) is 0 Å². The zero-order valence-corrected chi connectivity index (χ0v) is 17.1. The number of rotatable bonds is 8. The van der Waals surface area contributed by atoms with Gasteiger partial charge in [0, 0.05) is 23.6 Å². The summed E-state index contributed by atoms with van der Waals surface area (Å²) in [6.07, 6.45) is 0.223. The van der Waals surface area contributed by atoms with Crippen LogP contribution in [0.25, 0.3) is 0 Å². The van der Waals surface area contributed by atoms with E-state index >= 15 is 0 Å². The van der Waals surface area contributed by atoms with Gasteiger partial charge in [-0.15, -0.1) is 0 Å². The van der Waals surface area contributed by atoms with Gasteiger partial charge in [0.1, 0.15) is 25.7 Å². The summed E-state index contributed by atoms with van der Waals surface area (Å²) >= 11 is 5.84. The first kappa shape index (κ1) is 21.3. The van der Waals surface area contributed by atoms with Crippen molar-refractivity contribution < 1.29 is 19.2 Å². The Kier molecular flexibility index (Phi) is 8.04. The monoisotopic (exact) mass is 416 g/mol. The van der Waals surface area contributed by atoms with Crippen LogP contribution in [-0.4, -0.2) is 51.2 Å². The highest BCUT2D eigenvalue weighted by Crippen LogP contribution is 2.11. The standard InChI is InChI=1S/C22H26ClN3O3/c23-19-8-6-18(7-9-19)22(28)24-11-10-21(27)25-20(17-4-2-1-3-5-17)16-26-12-14-29-15-13-26/h1-9,20H,10-16H2,(H,24,28)(H,25,27)/p+1/t20-/m1/s1. The molecule has 3 N–H and O–H groups in total. The van der Waals surface area contributed by atoms with Crippen LogP contribution in [0.15, 0.2) is 54.6 Å². The van der Waals surface area contributed by atoms with Crippen molar-refractivity contribution in [2.75, 3.05) is 39.4 Å². The first-order chi connectivity index (χ1) is 14.1. The number of halogens is 1. The van der Waals surface area contributed by atoms with E-state index in [1.54, 1.807) is 24.3 Å². The van der Waals surface area contributed by atoms with Gasteiger partial charge in [0.25, 0.3) is 5.91 Å². The summed E-state index contributed by atoms with van der Waals surface area (Å²) in [6.45, 7) is 4.48. The van der Waals surface area contributed by atoms with Gasteiger partial charge in [-0.3, -0.25) is 9.59 Å². The lowest BCUT2D eigenvalue weighted by molar-refractivity contribution is -0.909. The van der Waals surface area contributed by atoms with E-state index in [0.717, 1.165) is 38.4 Å². The molecule has 0 bridgehead atoms. The minimum atomic E-state index is -0.216. The summed E-state index contributed by atoms with van der Waals surface area (Å²) in [6, 6.07) is 16.6. The molecule has 6 nitrogen and oxygen atoms in total. The lowest BCUT2D eigenvalue weighted by Gasteiger charge is -2.28. The largest absolute Gasteiger partial charge is 0.370 e. The molecule has 0 radical (unpaired) electrons. The zero-order valence-electron chi connectivity index (χ0n) is 16.3. The highest BCUT2D eigenvalue weighted by molar-refractivity contribution is 6.30. The number of carbonyl (C=O) groups is 2. The Labute approximate surface area is 176 Å². The fourth-order valence-corrected chi connectivity index (χ4v) is 3.48. The van der Waals surface area contributed by atoms with Crippen LogP contribution in [0.3, 0.4) is 0 Å². The quantitative estimate of drug-likeness (QED) is 0.606. The molecule has 0 aliphatic carbocycles. The van der Waals surface area contributed by atoms with Gasteiger partial charge < -0.3 is 20.3 Å². The van der Waals surface area contributed by atoms with Gasteiger partial charge >= 0.3 is 0 Å².